The number of hydrogen-bond donors (Lipinski definition) is 2. The van der Waals surface area contributed by atoms with Crippen molar-refractivity contribution in [3.8, 4) is 11.3 Å². The molecule has 1 heterocycles. The summed E-state index contributed by atoms with van der Waals surface area (Å²) in [5.41, 5.74) is 4.23. The average Bonchev–Trinajstić information content (AvgIpc) is 3.03. The maximum absolute atomic E-state index is 12.5. The molecular weight excluding hydrogens is 310 g/mol. The lowest BCUT2D eigenvalue weighted by Gasteiger charge is -2.08. The van der Waals surface area contributed by atoms with Crippen LogP contribution in [0.15, 0.2) is 54.7 Å². The monoisotopic (exact) mass is 325 g/mol. The van der Waals surface area contributed by atoms with Crippen molar-refractivity contribution in [2.45, 2.75) is 13.5 Å². The number of aryl methyl sites for hydroxylation is 1. The molecule has 0 bridgehead atoms. The van der Waals surface area contributed by atoms with Gasteiger partial charge in [0.1, 0.15) is 0 Å². The maximum Gasteiger partial charge on any atom is 0.255 e. The number of halogens is 1. The number of aromatic nitrogens is 2. The Morgan fingerprint density at radius 1 is 1.22 bits per heavy atom. The van der Waals surface area contributed by atoms with Crippen molar-refractivity contribution in [2.24, 2.45) is 0 Å². The minimum absolute atomic E-state index is 0.169. The van der Waals surface area contributed by atoms with E-state index in [9.17, 15) is 4.79 Å². The van der Waals surface area contributed by atoms with E-state index in [1.807, 2.05) is 43.3 Å². The van der Waals surface area contributed by atoms with Gasteiger partial charge in [-0.15, -0.1) is 0 Å². The zero-order valence-corrected chi connectivity index (χ0v) is 13.4. The van der Waals surface area contributed by atoms with Gasteiger partial charge in [-0.25, -0.2) is 0 Å². The number of rotatable bonds is 4. The number of hydrogen-bond acceptors (Lipinski definition) is 2. The van der Waals surface area contributed by atoms with E-state index in [4.69, 9.17) is 11.6 Å². The summed E-state index contributed by atoms with van der Waals surface area (Å²) in [4.78, 5) is 12.5. The number of carbonyl (C=O) groups is 1. The number of amides is 1. The Morgan fingerprint density at radius 2 is 2.04 bits per heavy atom. The summed E-state index contributed by atoms with van der Waals surface area (Å²) in [7, 11) is 0. The van der Waals surface area contributed by atoms with Gasteiger partial charge < -0.3 is 5.32 Å². The van der Waals surface area contributed by atoms with Crippen molar-refractivity contribution in [3.63, 3.8) is 0 Å². The first-order chi connectivity index (χ1) is 11.1. The predicted octanol–water partition coefficient (Wildman–Crippen LogP) is 3.97. The molecule has 2 N–H and O–H groups in total. The van der Waals surface area contributed by atoms with Gasteiger partial charge in [-0.05, 0) is 30.2 Å². The fraction of sp³-hybridized carbons (Fsp3) is 0.111. The summed E-state index contributed by atoms with van der Waals surface area (Å²) < 4.78 is 0. The van der Waals surface area contributed by atoms with Gasteiger partial charge in [-0.3, -0.25) is 9.89 Å². The molecule has 0 spiro atoms. The third-order valence-electron chi connectivity index (χ3n) is 3.70. The largest absolute Gasteiger partial charge is 0.348 e. The highest BCUT2D eigenvalue weighted by atomic mass is 35.5. The molecule has 23 heavy (non-hydrogen) atoms. The average molecular weight is 326 g/mol. The molecule has 0 atom stereocenters. The molecule has 0 aliphatic rings. The second-order valence-electron chi connectivity index (χ2n) is 5.28. The van der Waals surface area contributed by atoms with Gasteiger partial charge in [-0.2, -0.15) is 5.10 Å². The first kappa shape index (κ1) is 15.3. The Bertz CT molecular complexity index is 842. The van der Waals surface area contributed by atoms with Crippen molar-refractivity contribution >= 4 is 17.5 Å². The lowest BCUT2D eigenvalue weighted by Crippen LogP contribution is -2.23. The molecule has 0 unspecified atom stereocenters. The Morgan fingerprint density at radius 3 is 2.83 bits per heavy atom. The van der Waals surface area contributed by atoms with Crippen LogP contribution in [0.1, 0.15) is 21.5 Å². The first-order valence-corrected chi connectivity index (χ1v) is 7.65. The topological polar surface area (TPSA) is 57.8 Å². The maximum atomic E-state index is 12.5. The summed E-state index contributed by atoms with van der Waals surface area (Å²) >= 11 is 6.02. The molecule has 0 aliphatic carbocycles. The van der Waals surface area contributed by atoms with Gasteiger partial charge in [0.25, 0.3) is 5.91 Å². The molecule has 5 heteroatoms. The fourth-order valence-electron chi connectivity index (χ4n) is 2.40. The molecule has 116 valence electrons. The fourth-order valence-corrected chi connectivity index (χ4v) is 2.59. The first-order valence-electron chi connectivity index (χ1n) is 7.27. The van der Waals surface area contributed by atoms with Gasteiger partial charge in [0.15, 0.2) is 0 Å². The Balaban J connectivity index is 1.79. The Kier molecular flexibility index (Phi) is 4.44. The molecule has 0 fully saturated rings. The minimum Gasteiger partial charge on any atom is -0.348 e. The highest BCUT2D eigenvalue weighted by Crippen LogP contribution is 2.24. The Hall–Kier alpha value is -2.59. The molecule has 1 amide bonds. The van der Waals surface area contributed by atoms with E-state index in [1.165, 1.54) is 6.20 Å². The van der Waals surface area contributed by atoms with Crippen LogP contribution in [-0.4, -0.2) is 16.1 Å². The van der Waals surface area contributed by atoms with Crippen LogP contribution >= 0.6 is 11.6 Å². The number of H-pyrrole nitrogens is 1. The van der Waals surface area contributed by atoms with Crippen LogP contribution in [0.3, 0.4) is 0 Å². The molecule has 3 aromatic rings. The molecule has 4 nitrogen and oxygen atoms in total. The van der Waals surface area contributed by atoms with Crippen LogP contribution in [0.2, 0.25) is 5.02 Å². The molecule has 0 radical (unpaired) electrons. The normalized spacial score (nSPS) is 10.5. The van der Waals surface area contributed by atoms with E-state index >= 15 is 0 Å². The summed E-state index contributed by atoms with van der Waals surface area (Å²) in [5.74, 6) is -0.169. The van der Waals surface area contributed by atoms with Crippen molar-refractivity contribution in [1.29, 1.82) is 0 Å². The van der Waals surface area contributed by atoms with Gasteiger partial charge in [0.05, 0.1) is 17.5 Å². The zero-order chi connectivity index (χ0) is 16.2. The summed E-state index contributed by atoms with van der Waals surface area (Å²) in [6.45, 7) is 2.50. The molecule has 0 saturated carbocycles. The van der Waals surface area contributed by atoms with Gasteiger partial charge in [0, 0.05) is 17.1 Å². The summed E-state index contributed by atoms with van der Waals surface area (Å²) in [5, 5.41) is 10.4. The van der Waals surface area contributed by atoms with E-state index in [-0.39, 0.29) is 5.91 Å². The van der Waals surface area contributed by atoms with Crippen molar-refractivity contribution in [1.82, 2.24) is 15.5 Å². The second kappa shape index (κ2) is 6.67. The number of carbonyl (C=O) groups excluding carboxylic acids is 1. The minimum atomic E-state index is -0.169. The summed E-state index contributed by atoms with van der Waals surface area (Å²) in [6.07, 6.45) is 1.53. The van der Waals surface area contributed by atoms with Crippen molar-refractivity contribution in [3.05, 3.63) is 76.4 Å². The number of nitrogens with one attached hydrogen (secondary N) is 2. The van der Waals surface area contributed by atoms with Gasteiger partial charge in [0.2, 0.25) is 0 Å². The zero-order valence-electron chi connectivity index (χ0n) is 12.6. The van der Waals surface area contributed by atoms with Crippen molar-refractivity contribution in [2.75, 3.05) is 0 Å². The molecule has 3 rings (SSSR count). The van der Waals surface area contributed by atoms with Crippen LogP contribution in [0.25, 0.3) is 11.3 Å². The second-order valence-corrected chi connectivity index (χ2v) is 5.71. The lowest BCUT2D eigenvalue weighted by molar-refractivity contribution is 0.0951. The lowest BCUT2D eigenvalue weighted by atomic mass is 10.1. The third-order valence-corrected chi connectivity index (χ3v) is 3.93. The van der Waals surface area contributed by atoms with E-state index < -0.39 is 0 Å². The highest BCUT2D eigenvalue weighted by molar-refractivity contribution is 6.30. The number of aromatic amines is 1. The van der Waals surface area contributed by atoms with Gasteiger partial charge in [-0.1, -0.05) is 48.0 Å². The van der Waals surface area contributed by atoms with E-state index in [0.29, 0.717) is 22.8 Å². The highest BCUT2D eigenvalue weighted by Gasteiger charge is 2.15. The SMILES string of the molecule is Cc1ccccc1CNC(=O)c1cn[nH]c1-c1cccc(Cl)c1. The third kappa shape index (κ3) is 3.43. The smallest absolute Gasteiger partial charge is 0.255 e. The molecule has 0 aliphatic heterocycles. The van der Waals surface area contributed by atoms with Crippen molar-refractivity contribution < 1.29 is 4.79 Å². The van der Waals surface area contributed by atoms with Crippen LogP contribution in [0.5, 0.6) is 0 Å². The van der Waals surface area contributed by atoms with Crippen LogP contribution in [0, 0.1) is 6.92 Å². The quantitative estimate of drug-likeness (QED) is 0.762. The van der Waals surface area contributed by atoms with Crippen LogP contribution < -0.4 is 5.32 Å². The number of nitrogens with zero attached hydrogens (tertiary/aromatic N) is 1. The van der Waals surface area contributed by atoms with Crippen LogP contribution in [0.4, 0.5) is 0 Å². The predicted molar refractivity (Wildman–Crippen MR) is 91.4 cm³/mol. The van der Waals surface area contributed by atoms with Crippen LogP contribution in [-0.2, 0) is 6.54 Å². The molecule has 1 aromatic heterocycles. The molecule has 0 saturated heterocycles. The van der Waals surface area contributed by atoms with E-state index in [1.54, 1.807) is 12.1 Å². The Labute approximate surface area is 139 Å². The van der Waals surface area contributed by atoms with Gasteiger partial charge >= 0.3 is 0 Å². The van der Waals surface area contributed by atoms with E-state index in [0.717, 1.165) is 16.7 Å². The molecular formula is C18H16ClN3O. The van der Waals surface area contributed by atoms with E-state index in [2.05, 4.69) is 15.5 Å². The number of benzene rings is 2. The summed E-state index contributed by atoms with van der Waals surface area (Å²) in [6, 6.07) is 15.3. The standard InChI is InChI=1S/C18H16ClN3O/c1-12-5-2-3-6-14(12)10-20-18(23)16-11-21-22-17(16)13-7-4-8-15(19)9-13/h2-9,11H,10H2,1H3,(H,20,23)(H,21,22). The molecule has 2 aromatic carbocycles.